The molecular formula is C9H13N3O2. The molecule has 2 N–H and O–H groups in total. The first kappa shape index (κ1) is 9.21. The Kier molecular flexibility index (Phi) is 2.49. The molecule has 1 atom stereocenters. The summed E-state index contributed by atoms with van der Waals surface area (Å²) in [5.74, 6) is -0.816. The maximum Gasteiger partial charge on any atom is 0.307 e. The Labute approximate surface area is 81.7 Å². The zero-order valence-corrected chi connectivity index (χ0v) is 7.81. The fourth-order valence-corrected chi connectivity index (χ4v) is 1.71. The third-order valence-corrected chi connectivity index (χ3v) is 2.36. The zero-order chi connectivity index (χ0) is 9.97. The minimum atomic E-state index is -0.816. The number of hydrogen-bond donors (Lipinski definition) is 2. The van der Waals surface area contributed by atoms with Gasteiger partial charge in [-0.25, -0.2) is 0 Å². The highest BCUT2D eigenvalue weighted by Crippen LogP contribution is 2.15. The van der Waals surface area contributed by atoms with Crippen LogP contribution in [0.2, 0.25) is 0 Å². The van der Waals surface area contributed by atoms with E-state index in [2.05, 4.69) is 10.4 Å². The Hall–Kier alpha value is -1.36. The van der Waals surface area contributed by atoms with E-state index in [-0.39, 0.29) is 12.6 Å². The van der Waals surface area contributed by atoms with Gasteiger partial charge < -0.3 is 5.11 Å². The Bertz CT molecular complexity index is 329. The number of nitrogens with zero attached hydrogens (tertiary/aromatic N) is 2. The minimum absolute atomic E-state index is 0.0483. The first-order chi connectivity index (χ1) is 6.75. The average molecular weight is 195 g/mol. The van der Waals surface area contributed by atoms with Gasteiger partial charge in [-0.1, -0.05) is 0 Å². The van der Waals surface area contributed by atoms with Gasteiger partial charge in [0.25, 0.3) is 0 Å². The molecule has 1 fully saturated rings. The molecule has 0 aromatic carbocycles. The normalized spacial score (nSPS) is 21.3. The van der Waals surface area contributed by atoms with Crippen molar-refractivity contribution in [3.05, 3.63) is 18.0 Å². The van der Waals surface area contributed by atoms with Crippen LogP contribution in [-0.2, 0) is 11.2 Å². The van der Waals surface area contributed by atoms with Crippen LogP contribution in [0.4, 0.5) is 0 Å². The van der Waals surface area contributed by atoms with Crippen LogP contribution in [0.1, 0.15) is 24.6 Å². The lowest BCUT2D eigenvalue weighted by Crippen LogP contribution is -2.20. The minimum Gasteiger partial charge on any atom is -0.481 e. The molecule has 0 spiro atoms. The van der Waals surface area contributed by atoms with E-state index < -0.39 is 5.97 Å². The van der Waals surface area contributed by atoms with E-state index in [1.54, 1.807) is 12.4 Å². The van der Waals surface area contributed by atoms with Gasteiger partial charge in [0.2, 0.25) is 0 Å². The first-order valence-corrected chi connectivity index (χ1v) is 4.74. The lowest BCUT2D eigenvalue weighted by Gasteiger charge is -2.09. The van der Waals surface area contributed by atoms with Crippen molar-refractivity contribution in [1.29, 1.82) is 0 Å². The molecule has 2 rings (SSSR count). The number of nitrogens with one attached hydrogen (secondary N) is 1. The Morgan fingerprint density at radius 3 is 3.29 bits per heavy atom. The predicted octanol–water partition coefficient (Wildman–Crippen LogP) is 0.392. The van der Waals surface area contributed by atoms with Crippen LogP contribution in [0, 0.1) is 0 Å². The van der Waals surface area contributed by atoms with E-state index in [1.807, 2.05) is 4.68 Å². The monoisotopic (exact) mass is 195 g/mol. The summed E-state index contributed by atoms with van der Waals surface area (Å²) in [7, 11) is 0. The Morgan fingerprint density at radius 1 is 1.79 bits per heavy atom. The first-order valence-electron chi connectivity index (χ1n) is 4.74. The summed E-state index contributed by atoms with van der Waals surface area (Å²) in [4.78, 5) is 10.4. The largest absolute Gasteiger partial charge is 0.481 e. The summed E-state index contributed by atoms with van der Waals surface area (Å²) < 4.78 is 1.81. The van der Waals surface area contributed by atoms with Crippen molar-refractivity contribution in [2.24, 2.45) is 0 Å². The number of hydrogen-bond acceptors (Lipinski definition) is 3. The quantitative estimate of drug-likeness (QED) is 0.732. The molecule has 5 heteroatoms. The van der Waals surface area contributed by atoms with Crippen LogP contribution in [0.5, 0.6) is 0 Å². The average Bonchev–Trinajstić information content (AvgIpc) is 2.69. The maximum absolute atomic E-state index is 10.4. The van der Waals surface area contributed by atoms with E-state index in [0.717, 1.165) is 24.9 Å². The molecule has 1 aliphatic rings. The van der Waals surface area contributed by atoms with Crippen LogP contribution < -0.4 is 5.32 Å². The van der Waals surface area contributed by atoms with E-state index >= 15 is 0 Å². The van der Waals surface area contributed by atoms with E-state index in [4.69, 9.17) is 5.11 Å². The van der Waals surface area contributed by atoms with Crippen LogP contribution >= 0.6 is 0 Å². The highest BCUT2D eigenvalue weighted by Gasteiger charge is 2.16. The predicted molar refractivity (Wildman–Crippen MR) is 49.8 cm³/mol. The zero-order valence-electron chi connectivity index (χ0n) is 7.81. The maximum atomic E-state index is 10.4. The third-order valence-electron chi connectivity index (χ3n) is 2.36. The summed E-state index contributed by atoms with van der Waals surface area (Å²) in [6, 6.07) is 0. The molecule has 14 heavy (non-hydrogen) atoms. The lowest BCUT2D eigenvalue weighted by atomic mass is 10.2. The smallest absolute Gasteiger partial charge is 0.307 e. The molecule has 0 bridgehead atoms. The van der Waals surface area contributed by atoms with Crippen molar-refractivity contribution in [3.63, 3.8) is 0 Å². The number of carbonyl (C=O) groups is 1. The van der Waals surface area contributed by atoms with Crippen LogP contribution in [0.15, 0.2) is 12.4 Å². The molecule has 0 aliphatic carbocycles. The van der Waals surface area contributed by atoms with Crippen molar-refractivity contribution in [1.82, 2.24) is 15.1 Å². The standard InChI is InChI=1S/C9H13N3O2/c13-9(14)4-7-5-11-12(6-7)8-2-1-3-10-8/h5-6,8,10H,1-4H2,(H,13,14). The van der Waals surface area contributed by atoms with Crippen LogP contribution in [-0.4, -0.2) is 27.4 Å². The van der Waals surface area contributed by atoms with Crippen molar-refractivity contribution in [2.45, 2.75) is 25.4 Å². The fourth-order valence-electron chi connectivity index (χ4n) is 1.71. The lowest BCUT2D eigenvalue weighted by molar-refractivity contribution is -0.136. The fraction of sp³-hybridized carbons (Fsp3) is 0.556. The molecule has 0 amide bonds. The van der Waals surface area contributed by atoms with Crippen LogP contribution in [0.3, 0.4) is 0 Å². The molecule has 0 saturated carbocycles. The second-order valence-corrected chi connectivity index (χ2v) is 3.51. The molecule has 1 aliphatic heterocycles. The van der Waals surface area contributed by atoms with Gasteiger partial charge in [-0.2, -0.15) is 5.10 Å². The highest BCUT2D eigenvalue weighted by molar-refractivity contribution is 5.69. The van der Waals surface area contributed by atoms with Crippen molar-refractivity contribution in [2.75, 3.05) is 6.54 Å². The van der Waals surface area contributed by atoms with Gasteiger partial charge >= 0.3 is 5.97 Å². The molecule has 5 nitrogen and oxygen atoms in total. The Morgan fingerprint density at radius 2 is 2.64 bits per heavy atom. The molecule has 1 unspecified atom stereocenters. The molecule has 1 aromatic rings. The van der Waals surface area contributed by atoms with Gasteiger partial charge in [-0.15, -0.1) is 0 Å². The van der Waals surface area contributed by atoms with Crippen molar-refractivity contribution in [3.8, 4) is 0 Å². The number of carboxylic acids is 1. The van der Waals surface area contributed by atoms with Crippen molar-refractivity contribution >= 4 is 5.97 Å². The summed E-state index contributed by atoms with van der Waals surface area (Å²) in [6.07, 6.45) is 5.93. The molecule has 76 valence electrons. The van der Waals surface area contributed by atoms with Gasteiger partial charge in [-0.3, -0.25) is 14.8 Å². The number of aliphatic carboxylic acids is 1. The molecular weight excluding hydrogens is 182 g/mol. The van der Waals surface area contributed by atoms with Gasteiger partial charge in [0.15, 0.2) is 0 Å². The van der Waals surface area contributed by atoms with Gasteiger partial charge in [-0.05, 0) is 19.4 Å². The summed E-state index contributed by atoms with van der Waals surface area (Å²) in [6.45, 7) is 1.01. The highest BCUT2D eigenvalue weighted by atomic mass is 16.4. The summed E-state index contributed by atoms with van der Waals surface area (Å²) in [5.41, 5.74) is 0.756. The number of rotatable bonds is 3. The van der Waals surface area contributed by atoms with Crippen LogP contribution in [0.25, 0.3) is 0 Å². The van der Waals surface area contributed by atoms with Gasteiger partial charge in [0.05, 0.1) is 12.6 Å². The van der Waals surface area contributed by atoms with E-state index in [9.17, 15) is 4.79 Å². The summed E-state index contributed by atoms with van der Waals surface area (Å²) >= 11 is 0. The third kappa shape index (κ3) is 1.93. The summed E-state index contributed by atoms with van der Waals surface area (Å²) in [5, 5.41) is 16.0. The molecule has 1 saturated heterocycles. The SMILES string of the molecule is O=C(O)Cc1cnn(C2CCCN2)c1. The van der Waals surface area contributed by atoms with E-state index in [1.165, 1.54) is 0 Å². The molecule has 0 radical (unpaired) electrons. The van der Waals surface area contributed by atoms with Gasteiger partial charge in [0.1, 0.15) is 6.17 Å². The Balaban J connectivity index is 2.05. The number of aromatic nitrogens is 2. The second-order valence-electron chi connectivity index (χ2n) is 3.51. The molecule has 1 aromatic heterocycles. The second kappa shape index (κ2) is 3.79. The number of carboxylic acid groups (broad SMARTS) is 1. The molecule has 2 heterocycles. The van der Waals surface area contributed by atoms with Crippen molar-refractivity contribution < 1.29 is 9.90 Å². The van der Waals surface area contributed by atoms with Gasteiger partial charge in [0, 0.05) is 11.8 Å². The topological polar surface area (TPSA) is 67.1 Å². The van der Waals surface area contributed by atoms with E-state index in [0.29, 0.717) is 0 Å².